The lowest BCUT2D eigenvalue weighted by molar-refractivity contribution is -0.137. The van der Waals surface area contributed by atoms with Crippen LogP contribution in [0.1, 0.15) is 23.6 Å². The first-order valence-corrected chi connectivity index (χ1v) is 7.91. The van der Waals surface area contributed by atoms with Crippen molar-refractivity contribution in [2.45, 2.75) is 18.6 Å². The SMILES string of the molecule is CC(N)(COc1ccc(C#N)cc1)C(=O)Nc1ccc(C#N)c(C(F)(F)F)c1. The minimum absolute atomic E-state index is 0.147. The van der Waals surface area contributed by atoms with E-state index < -0.39 is 28.7 Å². The summed E-state index contributed by atoms with van der Waals surface area (Å²) in [6, 6.07) is 12.4. The predicted molar refractivity (Wildman–Crippen MR) is 94.0 cm³/mol. The smallest absolute Gasteiger partial charge is 0.417 e. The zero-order valence-electron chi connectivity index (χ0n) is 14.7. The van der Waals surface area contributed by atoms with Gasteiger partial charge in [-0.05, 0) is 49.4 Å². The van der Waals surface area contributed by atoms with Crippen molar-refractivity contribution in [3.05, 3.63) is 59.2 Å². The molecule has 0 saturated heterocycles. The van der Waals surface area contributed by atoms with Gasteiger partial charge in [-0.2, -0.15) is 23.7 Å². The molecule has 3 N–H and O–H groups in total. The van der Waals surface area contributed by atoms with Crippen molar-refractivity contribution < 1.29 is 22.7 Å². The molecule has 0 bridgehead atoms. The first-order chi connectivity index (χ1) is 13.1. The van der Waals surface area contributed by atoms with Gasteiger partial charge >= 0.3 is 6.18 Å². The average molecular weight is 388 g/mol. The molecule has 2 rings (SSSR count). The van der Waals surface area contributed by atoms with Gasteiger partial charge in [-0.1, -0.05) is 0 Å². The number of carbonyl (C=O) groups excluding carboxylic acids is 1. The Morgan fingerprint density at radius 1 is 1.14 bits per heavy atom. The van der Waals surface area contributed by atoms with E-state index in [2.05, 4.69) is 5.32 Å². The number of benzene rings is 2. The Balaban J connectivity index is 2.10. The third-order valence-electron chi connectivity index (χ3n) is 3.74. The van der Waals surface area contributed by atoms with Crippen molar-refractivity contribution in [3.63, 3.8) is 0 Å². The minimum atomic E-state index is -4.74. The van der Waals surface area contributed by atoms with Gasteiger partial charge in [0, 0.05) is 5.69 Å². The number of hydrogen-bond acceptors (Lipinski definition) is 5. The van der Waals surface area contributed by atoms with Gasteiger partial charge in [0.1, 0.15) is 17.9 Å². The summed E-state index contributed by atoms with van der Waals surface area (Å²) in [6.45, 7) is 1.10. The first-order valence-electron chi connectivity index (χ1n) is 7.91. The van der Waals surface area contributed by atoms with E-state index in [9.17, 15) is 18.0 Å². The van der Waals surface area contributed by atoms with Gasteiger partial charge < -0.3 is 15.8 Å². The number of anilines is 1. The quantitative estimate of drug-likeness (QED) is 0.817. The van der Waals surface area contributed by atoms with Crippen LogP contribution < -0.4 is 15.8 Å². The van der Waals surface area contributed by atoms with Gasteiger partial charge in [0.15, 0.2) is 0 Å². The maximum absolute atomic E-state index is 13.0. The van der Waals surface area contributed by atoms with E-state index in [-0.39, 0.29) is 12.3 Å². The first kappa shape index (κ1) is 20.7. The van der Waals surface area contributed by atoms with Crippen LogP contribution in [-0.4, -0.2) is 18.1 Å². The molecule has 6 nitrogen and oxygen atoms in total. The molecule has 0 spiro atoms. The average Bonchev–Trinajstić information content (AvgIpc) is 2.66. The fraction of sp³-hybridized carbons (Fsp3) is 0.211. The number of hydrogen-bond donors (Lipinski definition) is 2. The molecule has 9 heteroatoms. The zero-order chi connectivity index (χ0) is 20.9. The van der Waals surface area contributed by atoms with Crippen LogP contribution in [-0.2, 0) is 11.0 Å². The fourth-order valence-electron chi connectivity index (χ4n) is 2.15. The van der Waals surface area contributed by atoms with Gasteiger partial charge in [0.2, 0.25) is 5.91 Å². The van der Waals surface area contributed by atoms with Crippen molar-refractivity contribution in [2.24, 2.45) is 5.73 Å². The summed E-state index contributed by atoms with van der Waals surface area (Å²) in [4.78, 5) is 12.4. The Hall–Kier alpha value is -3.56. The normalized spacial score (nSPS) is 13.0. The summed E-state index contributed by atoms with van der Waals surface area (Å²) >= 11 is 0. The molecule has 28 heavy (non-hydrogen) atoms. The number of alkyl halides is 3. The topological polar surface area (TPSA) is 112 Å². The number of nitrogens with two attached hydrogens (primary N) is 1. The van der Waals surface area contributed by atoms with E-state index in [1.165, 1.54) is 43.3 Å². The molecular weight excluding hydrogens is 373 g/mol. The van der Waals surface area contributed by atoms with Crippen LogP contribution >= 0.6 is 0 Å². The molecule has 0 fully saturated rings. The summed E-state index contributed by atoms with van der Waals surface area (Å²) in [5.74, 6) is -0.389. The van der Waals surface area contributed by atoms with E-state index in [4.69, 9.17) is 21.0 Å². The number of rotatable bonds is 5. The third kappa shape index (κ3) is 5.00. The molecule has 1 unspecified atom stereocenters. The highest BCUT2D eigenvalue weighted by molar-refractivity contribution is 5.98. The number of amides is 1. The van der Waals surface area contributed by atoms with E-state index in [0.29, 0.717) is 17.4 Å². The van der Waals surface area contributed by atoms with Crippen LogP contribution in [0.2, 0.25) is 0 Å². The van der Waals surface area contributed by atoms with Gasteiger partial charge in [-0.25, -0.2) is 0 Å². The highest BCUT2D eigenvalue weighted by Gasteiger charge is 2.35. The Bertz CT molecular complexity index is 955. The highest BCUT2D eigenvalue weighted by Crippen LogP contribution is 2.33. The van der Waals surface area contributed by atoms with Crippen LogP contribution in [0.5, 0.6) is 5.75 Å². The summed E-state index contributed by atoms with van der Waals surface area (Å²) < 4.78 is 44.5. The number of carbonyl (C=O) groups is 1. The second-order valence-electron chi connectivity index (χ2n) is 6.17. The molecule has 1 amide bonds. The van der Waals surface area contributed by atoms with Gasteiger partial charge in [-0.3, -0.25) is 4.79 Å². The molecule has 0 aromatic heterocycles. The van der Waals surface area contributed by atoms with Crippen LogP contribution in [0.4, 0.5) is 18.9 Å². The lowest BCUT2D eigenvalue weighted by Crippen LogP contribution is -2.53. The summed E-state index contributed by atoms with van der Waals surface area (Å²) in [5.41, 5.74) is 2.95. The molecule has 0 radical (unpaired) electrons. The molecule has 0 aliphatic rings. The van der Waals surface area contributed by atoms with Crippen LogP contribution in [0.25, 0.3) is 0 Å². The zero-order valence-corrected chi connectivity index (χ0v) is 14.7. The lowest BCUT2D eigenvalue weighted by atomic mass is 10.0. The van der Waals surface area contributed by atoms with Crippen molar-refractivity contribution in [2.75, 3.05) is 11.9 Å². The Morgan fingerprint density at radius 3 is 2.32 bits per heavy atom. The van der Waals surface area contributed by atoms with Crippen molar-refractivity contribution in [1.82, 2.24) is 0 Å². The van der Waals surface area contributed by atoms with Gasteiger partial charge in [0.05, 0.1) is 28.8 Å². The lowest BCUT2D eigenvalue weighted by Gasteiger charge is -2.24. The maximum Gasteiger partial charge on any atom is 0.417 e. The minimum Gasteiger partial charge on any atom is -0.491 e. The maximum atomic E-state index is 13.0. The molecule has 0 aliphatic heterocycles. The number of nitrogens with zero attached hydrogens (tertiary/aromatic N) is 2. The summed E-state index contributed by atoms with van der Waals surface area (Å²) in [6.07, 6.45) is -4.74. The molecule has 0 saturated carbocycles. The Morgan fingerprint density at radius 2 is 1.79 bits per heavy atom. The van der Waals surface area contributed by atoms with E-state index >= 15 is 0 Å². The largest absolute Gasteiger partial charge is 0.491 e. The monoisotopic (exact) mass is 388 g/mol. The molecule has 1 atom stereocenters. The number of nitrogens with one attached hydrogen (secondary N) is 1. The molecule has 144 valence electrons. The summed E-state index contributed by atoms with van der Waals surface area (Å²) in [7, 11) is 0. The molecule has 0 aliphatic carbocycles. The number of ether oxygens (including phenoxy) is 1. The highest BCUT2D eigenvalue weighted by atomic mass is 19.4. The third-order valence-corrected chi connectivity index (χ3v) is 3.74. The van der Waals surface area contributed by atoms with Crippen molar-refractivity contribution in [1.29, 1.82) is 10.5 Å². The van der Waals surface area contributed by atoms with Crippen molar-refractivity contribution in [3.8, 4) is 17.9 Å². The van der Waals surface area contributed by atoms with Crippen LogP contribution in [0.3, 0.4) is 0 Å². The van der Waals surface area contributed by atoms with Gasteiger partial charge in [0.25, 0.3) is 0 Å². The molecule has 0 heterocycles. The van der Waals surface area contributed by atoms with Crippen LogP contribution in [0, 0.1) is 22.7 Å². The van der Waals surface area contributed by atoms with E-state index in [0.717, 1.165) is 6.07 Å². The van der Waals surface area contributed by atoms with E-state index in [1.54, 1.807) is 0 Å². The van der Waals surface area contributed by atoms with Crippen LogP contribution in [0.15, 0.2) is 42.5 Å². The number of nitriles is 2. The molecular formula is C19H15F3N4O2. The summed E-state index contributed by atoms with van der Waals surface area (Å²) in [5, 5.41) is 19.9. The molecule has 2 aromatic rings. The van der Waals surface area contributed by atoms with E-state index in [1.807, 2.05) is 6.07 Å². The second kappa shape index (κ2) is 7.99. The second-order valence-corrected chi connectivity index (χ2v) is 6.17. The Kier molecular flexibility index (Phi) is 5.92. The fourth-order valence-corrected chi connectivity index (χ4v) is 2.15. The number of halogens is 3. The standard InChI is InChI=1S/C19H15F3N4O2/c1-18(25,11-28-15-6-2-12(9-23)3-7-15)17(27)26-14-5-4-13(10-24)16(8-14)19(20,21)22/h2-8H,11,25H2,1H3,(H,26,27). The van der Waals surface area contributed by atoms with Gasteiger partial charge in [-0.15, -0.1) is 0 Å². The molecule has 2 aromatic carbocycles. The predicted octanol–water partition coefficient (Wildman–Crippen LogP) is 3.18. The van der Waals surface area contributed by atoms with Crippen molar-refractivity contribution >= 4 is 11.6 Å². The Labute approximate surface area is 158 Å².